The van der Waals surface area contributed by atoms with Crippen LogP contribution < -0.4 is 11.2 Å². The van der Waals surface area contributed by atoms with E-state index in [-0.39, 0.29) is 17.1 Å². The Hall–Kier alpha value is -2.44. The third kappa shape index (κ3) is 2.57. The van der Waals surface area contributed by atoms with Crippen LogP contribution in [0, 0.1) is 5.92 Å². The molecule has 1 aliphatic carbocycles. The van der Waals surface area contributed by atoms with Gasteiger partial charge < -0.3 is 4.90 Å². The number of pyridine rings is 1. The molecule has 2 fully saturated rings. The fraction of sp³-hybridized carbons (Fsp3) is 0.579. The van der Waals surface area contributed by atoms with Crippen LogP contribution in [-0.2, 0) is 14.1 Å². The Morgan fingerprint density at radius 3 is 2.58 bits per heavy atom. The minimum absolute atomic E-state index is 0.0865. The van der Waals surface area contributed by atoms with E-state index in [4.69, 9.17) is 0 Å². The van der Waals surface area contributed by atoms with Crippen molar-refractivity contribution in [2.45, 2.75) is 44.6 Å². The number of carbonyl (C=O) groups is 1. The SMILES string of the molecule is Cn1c(=O)c2ccc(C(=O)N3CCCC4CCCCC43)nc2n(C)c1=O. The Morgan fingerprint density at radius 1 is 1.04 bits per heavy atom. The maximum atomic E-state index is 13.1. The summed E-state index contributed by atoms with van der Waals surface area (Å²) in [5, 5.41) is 0.348. The maximum Gasteiger partial charge on any atom is 0.332 e. The van der Waals surface area contributed by atoms with E-state index >= 15 is 0 Å². The highest BCUT2D eigenvalue weighted by Crippen LogP contribution is 2.35. The molecule has 7 nitrogen and oxygen atoms in total. The number of fused-ring (bicyclic) bond motifs is 2. The van der Waals surface area contributed by atoms with Crippen molar-refractivity contribution in [1.82, 2.24) is 19.0 Å². The summed E-state index contributed by atoms with van der Waals surface area (Å²) in [6, 6.07) is 3.53. The van der Waals surface area contributed by atoms with E-state index in [0.29, 0.717) is 23.0 Å². The Kier molecular flexibility index (Phi) is 4.17. The number of amides is 1. The van der Waals surface area contributed by atoms with Crippen LogP contribution in [0.3, 0.4) is 0 Å². The van der Waals surface area contributed by atoms with Crippen molar-refractivity contribution < 1.29 is 4.79 Å². The first-order valence-corrected chi connectivity index (χ1v) is 9.37. The van der Waals surface area contributed by atoms with E-state index in [1.54, 1.807) is 19.2 Å². The summed E-state index contributed by atoms with van der Waals surface area (Å²) in [4.78, 5) is 44.0. The number of aromatic nitrogens is 3. The molecular weight excluding hydrogens is 332 g/mol. The number of aryl methyl sites for hydroxylation is 1. The van der Waals surface area contributed by atoms with Gasteiger partial charge in [0.05, 0.1) is 5.39 Å². The molecule has 1 amide bonds. The van der Waals surface area contributed by atoms with Crippen molar-refractivity contribution in [3.63, 3.8) is 0 Å². The highest BCUT2D eigenvalue weighted by atomic mass is 16.2. The average molecular weight is 356 g/mol. The van der Waals surface area contributed by atoms with Gasteiger partial charge in [0.15, 0.2) is 0 Å². The summed E-state index contributed by atoms with van der Waals surface area (Å²) in [6.45, 7) is 0.759. The van der Waals surface area contributed by atoms with Crippen LogP contribution in [0.4, 0.5) is 0 Å². The van der Waals surface area contributed by atoms with E-state index in [1.807, 2.05) is 4.90 Å². The van der Waals surface area contributed by atoms with Crippen LogP contribution in [0.15, 0.2) is 21.7 Å². The molecule has 0 bridgehead atoms. The molecule has 3 heterocycles. The fourth-order valence-electron chi connectivity index (χ4n) is 4.60. The Balaban J connectivity index is 1.75. The predicted molar refractivity (Wildman–Crippen MR) is 98.2 cm³/mol. The minimum atomic E-state index is -0.440. The summed E-state index contributed by atoms with van der Waals surface area (Å²) < 4.78 is 2.38. The van der Waals surface area contributed by atoms with Crippen LogP contribution in [0.5, 0.6) is 0 Å². The average Bonchev–Trinajstić information content (AvgIpc) is 2.69. The number of nitrogens with zero attached hydrogens (tertiary/aromatic N) is 4. The molecule has 1 saturated heterocycles. The first kappa shape index (κ1) is 17.0. The number of carbonyl (C=O) groups excluding carboxylic acids is 1. The second-order valence-corrected chi connectivity index (χ2v) is 7.53. The number of piperidine rings is 1. The lowest BCUT2D eigenvalue weighted by atomic mass is 9.78. The van der Waals surface area contributed by atoms with Crippen LogP contribution in [0.1, 0.15) is 49.0 Å². The number of rotatable bonds is 1. The van der Waals surface area contributed by atoms with Crippen LogP contribution in [0.2, 0.25) is 0 Å². The Bertz CT molecular complexity index is 989. The summed E-state index contributed by atoms with van der Waals surface area (Å²) in [5.74, 6) is 0.509. The zero-order chi connectivity index (χ0) is 18.4. The van der Waals surface area contributed by atoms with Crippen molar-refractivity contribution in [3.05, 3.63) is 38.7 Å². The normalized spacial score (nSPS) is 23.1. The standard InChI is InChI=1S/C19H24N4O3/c1-21-16-13(17(24)22(2)19(21)26)9-10-14(20-16)18(25)23-11-5-7-12-6-3-4-8-15(12)23/h9-10,12,15H,3-8,11H2,1-2H3. The topological polar surface area (TPSA) is 77.2 Å². The van der Waals surface area contributed by atoms with E-state index < -0.39 is 5.69 Å². The van der Waals surface area contributed by atoms with Gasteiger partial charge in [-0.05, 0) is 43.7 Å². The van der Waals surface area contributed by atoms with E-state index in [9.17, 15) is 14.4 Å². The highest BCUT2D eigenvalue weighted by molar-refractivity contribution is 5.94. The molecular formula is C19H24N4O3. The minimum Gasteiger partial charge on any atom is -0.334 e. The molecule has 2 unspecified atom stereocenters. The number of hydrogen-bond acceptors (Lipinski definition) is 4. The largest absolute Gasteiger partial charge is 0.334 e. The lowest BCUT2D eigenvalue weighted by molar-refractivity contribution is 0.0385. The molecule has 1 saturated carbocycles. The van der Waals surface area contributed by atoms with Crippen LogP contribution >= 0.6 is 0 Å². The van der Waals surface area contributed by atoms with Gasteiger partial charge in [0.2, 0.25) is 0 Å². The molecule has 1 aliphatic heterocycles. The molecule has 2 atom stereocenters. The zero-order valence-electron chi connectivity index (χ0n) is 15.3. The van der Waals surface area contributed by atoms with Crippen molar-refractivity contribution in [1.29, 1.82) is 0 Å². The highest BCUT2D eigenvalue weighted by Gasteiger charge is 2.36. The number of likely N-dealkylation sites (tertiary alicyclic amines) is 1. The summed E-state index contributed by atoms with van der Waals surface area (Å²) >= 11 is 0. The summed E-state index contributed by atoms with van der Waals surface area (Å²) in [5.41, 5.74) is -0.252. The van der Waals surface area contributed by atoms with Gasteiger partial charge in [0.1, 0.15) is 11.3 Å². The summed E-state index contributed by atoms with van der Waals surface area (Å²) in [6.07, 6.45) is 6.90. The molecule has 2 aromatic rings. The predicted octanol–water partition coefficient (Wildman–Crippen LogP) is 1.43. The molecule has 4 rings (SSSR count). The van der Waals surface area contributed by atoms with Crippen LogP contribution in [0.25, 0.3) is 11.0 Å². The van der Waals surface area contributed by atoms with Crippen molar-refractivity contribution >= 4 is 16.9 Å². The molecule has 0 radical (unpaired) electrons. The molecule has 138 valence electrons. The Labute approximate surface area is 151 Å². The second-order valence-electron chi connectivity index (χ2n) is 7.53. The van der Waals surface area contributed by atoms with Gasteiger partial charge >= 0.3 is 5.69 Å². The van der Waals surface area contributed by atoms with E-state index in [1.165, 1.54) is 37.3 Å². The number of hydrogen-bond donors (Lipinski definition) is 0. The lowest BCUT2D eigenvalue weighted by Gasteiger charge is -2.44. The van der Waals surface area contributed by atoms with Gasteiger partial charge in [0, 0.05) is 26.7 Å². The fourth-order valence-corrected chi connectivity index (χ4v) is 4.60. The Morgan fingerprint density at radius 2 is 1.77 bits per heavy atom. The smallest absolute Gasteiger partial charge is 0.332 e. The maximum absolute atomic E-state index is 13.1. The molecule has 2 aliphatic rings. The van der Waals surface area contributed by atoms with Gasteiger partial charge in [-0.15, -0.1) is 0 Å². The van der Waals surface area contributed by atoms with Gasteiger partial charge in [0.25, 0.3) is 11.5 Å². The zero-order valence-corrected chi connectivity index (χ0v) is 15.3. The first-order valence-electron chi connectivity index (χ1n) is 9.37. The molecule has 0 N–H and O–H groups in total. The van der Waals surface area contributed by atoms with Gasteiger partial charge in [-0.2, -0.15) is 0 Å². The molecule has 0 aromatic carbocycles. The van der Waals surface area contributed by atoms with Crippen molar-refractivity contribution in [2.24, 2.45) is 20.0 Å². The van der Waals surface area contributed by atoms with E-state index in [2.05, 4.69) is 4.98 Å². The second kappa shape index (κ2) is 6.37. The van der Waals surface area contributed by atoms with E-state index in [0.717, 1.165) is 24.0 Å². The quantitative estimate of drug-likeness (QED) is 0.774. The van der Waals surface area contributed by atoms with Crippen molar-refractivity contribution in [3.8, 4) is 0 Å². The monoisotopic (exact) mass is 356 g/mol. The molecule has 26 heavy (non-hydrogen) atoms. The lowest BCUT2D eigenvalue weighted by Crippen LogP contribution is -2.49. The van der Waals surface area contributed by atoms with Gasteiger partial charge in [-0.3, -0.25) is 18.7 Å². The van der Waals surface area contributed by atoms with Crippen molar-refractivity contribution in [2.75, 3.05) is 6.54 Å². The van der Waals surface area contributed by atoms with Gasteiger partial charge in [-0.25, -0.2) is 9.78 Å². The molecule has 7 heteroatoms. The third-order valence-electron chi connectivity index (χ3n) is 6.02. The molecule has 2 aromatic heterocycles. The third-order valence-corrected chi connectivity index (χ3v) is 6.02. The molecule has 0 spiro atoms. The van der Waals surface area contributed by atoms with Crippen LogP contribution in [-0.4, -0.2) is 37.5 Å². The summed E-state index contributed by atoms with van der Waals surface area (Å²) in [7, 11) is 3.02. The first-order chi connectivity index (χ1) is 12.5. The van der Waals surface area contributed by atoms with Gasteiger partial charge in [-0.1, -0.05) is 12.8 Å².